The van der Waals surface area contributed by atoms with Crippen LogP contribution < -0.4 is 4.90 Å². The van der Waals surface area contributed by atoms with E-state index in [2.05, 4.69) is 0 Å². The van der Waals surface area contributed by atoms with Crippen LogP contribution in [0.5, 0.6) is 0 Å². The average Bonchev–Trinajstić information content (AvgIpc) is 3.27. The summed E-state index contributed by atoms with van der Waals surface area (Å²) in [7, 11) is 2.42. The molecule has 2 aromatic carbocycles. The molecule has 3 amide bonds. The van der Waals surface area contributed by atoms with E-state index in [0.717, 1.165) is 7.05 Å². The summed E-state index contributed by atoms with van der Waals surface area (Å²) in [5.41, 5.74) is -3.90. The van der Waals surface area contributed by atoms with Crippen LogP contribution in [0.15, 0.2) is 36.4 Å². The third-order valence-electron chi connectivity index (χ3n) is 6.36. The lowest BCUT2D eigenvalue weighted by molar-refractivity contribution is -0.143. The number of alkyl halides is 6. The number of likely N-dealkylation sites (tertiary alicyclic amines) is 1. The zero-order chi connectivity index (χ0) is 30.4. The molecule has 1 heterocycles. The number of amides is 3. The van der Waals surface area contributed by atoms with Gasteiger partial charge in [0.1, 0.15) is 5.60 Å². The molecule has 0 aromatic heterocycles. The molecule has 0 aliphatic carbocycles. The van der Waals surface area contributed by atoms with Crippen molar-refractivity contribution in [2.24, 2.45) is 0 Å². The van der Waals surface area contributed by atoms with Gasteiger partial charge in [-0.1, -0.05) is 29.3 Å². The number of hydrogen-bond acceptors (Lipinski definition) is 3. The van der Waals surface area contributed by atoms with Gasteiger partial charge < -0.3 is 14.5 Å². The van der Waals surface area contributed by atoms with Gasteiger partial charge in [-0.15, -0.1) is 0 Å². The van der Waals surface area contributed by atoms with E-state index in [0.29, 0.717) is 22.6 Å². The predicted molar refractivity (Wildman–Crippen MR) is 139 cm³/mol. The van der Waals surface area contributed by atoms with Crippen molar-refractivity contribution < 1.29 is 40.7 Å². The number of halogens is 8. The van der Waals surface area contributed by atoms with Crippen molar-refractivity contribution in [1.82, 2.24) is 9.80 Å². The Morgan fingerprint density at radius 1 is 0.875 bits per heavy atom. The summed E-state index contributed by atoms with van der Waals surface area (Å²) in [5, 5.41) is 0.501. The molecule has 0 spiro atoms. The lowest BCUT2D eigenvalue weighted by atomic mass is 9.93. The molecule has 0 saturated carbocycles. The summed E-state index contributed by atoms with van der Waals surface area (Å²) < 4.78 is 85.8. The fraction of sp³-hybridized carbons (Fsp3) is 0.462. The van der Waals surface area contributed by atoms with Crippen molar-refractivity contribution in [3.63, 3.8) is 0 Å². The average molecular weight is 614 g/mol. The summed E-state index contributed by atoms with van der Waals surface area (Å²) >= 11 is 12.2. The number of rotatable bonds is 3. The van der Waals surface area contributed by atoms with Gasteiger partial charge in [0.15, 0.2) is 0 Å². The van der Waals surface area contributed by atoms with Crippen molar-refractivity contribution in [1.29, 1.82) is 0 Å². The highest BCUT2D eigenvalue weighted by molar-refractivity contribution is 6.42. The SMILES string of the molecule is CN(C(=O)N(C)[C@H]1CN(C(=O)OC(C)(C)C)C[C@@H]1c1ccc(Cl)c(Cl)c1)c1cc(C(F)(F)F)cc(C(F)(F)F)c1. The maximum atomic E-state index is 13.5. The molecule has 2 aromatic rings. The van der Waals surface area contributed by atoms with Crippen molar-refractivity contribution >= 4 is 41.0 Å². The molecule has 3 rings (SSSR count). The number of nitrogens with zero attached hydrogens (tertiary/aromatic N) is 3. The molecule has 0 bridgehead atoms. The second-order valence-corrected chi connectivity index (χ2v) is 11.3. The van der Waals surface area contributed by atoms with Crippen molar-refractivity contribution in [3.8, 4) is 0 Å². The van der Waals surface area contributed by atoms with Gasteiger partial charge in [0.2, 0.25) is 0 Å². The highest BCUT2D eigenvalue weighted by Gasteiger charge is 2.43. The van der Waals surface area contributed by atoms with Gasteiger partial charge in [-0.3, -0.25) is 4.90 Å². The predicted octanol–water partition coefficient (Wildman–Crippen LogP) is 7.92. The number of anilines is 1. The van der Waals surface area contributed by atoms with E-state index < -0.39 is 58.9 Å². The number of carbonyl (C=O) groups excluding carboxylic acids is 2. The number of hydrogen-bond donors (Lipinski definition) is 0. The molecule has 0 N–H and O–H groups in total. The molecule has 1 fully saturated rings. The topological polar surface area (TPSA) is 53.1 Å². The van der Waals surface area contributed by atoms with E-state index in [4.69, 9.17) is 27.9 Å². The van der Waals surface area contributed by atoms with Crippen LogP contribution in [0.4, 0.5) is 41.6 Å². The van der Waals surface area contributed by atoms with E-state index in [1.165, 1.54) is 16.8 Å². The zero-order valence-corrected chi connectivity index (χ0v) is 23.6. The van der Waals surface area contributed by atoms with E-state index in [9.17, 15) is 35.9 Å². The van der Waals surface area contributed by atoms with Gasteiger partial charge in [-0.05, 0) is 56.7 Å². The van der Waals surface area contributed by atoms with Crippen LogP contribution in [0.3, 0.4) is 0 Å². The van der Waals surface area contributed by atoms with Crippen LogP contribution in [0.1, 0.15) is 43.4 Å². The quantitative estimate of drug-likeness (QED) is 0.330. The minimum absolute atomic E-state index is 0.0124. The number of benzene rings is 2. The van der Waals surface area contributed by atoms with Gasteiger partial charge in [0, 0.05) is 38.8 Å². The largest absolute Gasteiger partial charge is 0.444 e. The molecule has 1 aliphatic rings. The van der Waals surface area contributed by atoms with E-state index in [1.54, 1.807) is 39.0 Å². The first-order valence-electron chi connectivity index (χ1n) is 11.9. The van der Waals surface area contributed by atoms with Crippen LogP contribution in [0.25, 0.3) is 0 Å². The third-order valence-corrected chi connectivity index (χ3v) is 7.10. The monoisotopic (exact) mass is 613 g/mol. The molecule has 0 unspecified atom stereocenters. The lowest BCUT2D eigenvalue weighted by Crippen LogP contribution is -2.48. The van der Waals surface area contributed by atoms with E-state index in [-0.39, 0.29) is 29.2 Å². The summed E-state index contributed by atoms with van der Waals surface area (Å²) in [6.07, 6.45) is -10.8. The normalized spacial score (nSPS) is 18.1. The number of ether oxygens (including phenoxy) is 1. The summed E-state index contributed by atoms with van der Waals surface area (Å²) in [6.45, 7) is 5.13. The summed E-state index contributed by atoms with van der Waals surface area (Å²) in [5.74, 6) is -0.531. The Hall–Kier alpha value is -2.86. The molecule has 6 nitrogen and oxygen atoms in total. The molecule has 2 atom stereocenters. The molecular weight excluding hydrogens is 587 g/mol. The van der Waals surface area contributed by atoms with Gasteiger partial charge >= 0.3 is 24.5 Å². The summed E-state index contributed by atoms with van der Waals surface area (Å²) in [4.78, 5) is 29.6. The smallest absolute Gasteiger partial charge is 0.416 e. The fourth-order valence-electron chi connectivity index (χ4n) is 4.35. The van der Waals surface area contributed by atoms with E-state index in [1.807, 2.05) is 0 Å². The highest BCUT2D eigenvalue weighted by Crippen LogP contribution is 2.39. The number of likely N-dealkylation sites (N-methyl/N-ethyl adjacent to an activating group) is 1. The second-order valence-electron chi connectivity index (χ2n) is 10.4. The molecule has 0 radical (unpaired) electrons. The summed E-state index contributed by atoms with van der Waals surface area (Å²) in [6, 6.07) is 4.07. The van der Waals surface area contributed by atoms with Crippen LogP contribution in [0, 0.1) is 0 Å². The Kier molecular flexibility index (Phi) is 8.86. The Bertz CT molecular complexity index is 1250. The number of carbonyl (C=O) groups is 2. The maximum absolute atomic E-state index is 13.5. The van der Waals surface area contributed by atoms with Crippen LogP contribution in [-0.2, 0) is 17.1 Å². The minimum atomic E-state index is -5.08. The van der Waals surface area contributed by atoms with Crippen LogP contribution in [-0.4, -0.2) is 60.8 Å². The van der Waals surface area contributed by atoms with Gasteiger partial charge in [0.05, 0.1) is 27.2 Å². The van der Waals surface area contributed by atoms with Gasteiger partial charge in [-0.25, -0.2) is 9.59 Å². The molecule has 1 aliphatic heterocycles. The Balaban J connectivity index is 1.98. The minimum Gasteiger partial charge on any atom is -0.444 e. The molecule has 14 heteroatoms. The van der Waals surface area contributed by atoms with Crippen LogP contribution in [0.2, 0.25) is 10.0 Å². The highest BCUT2D eigenvalue weighted by atomic mass is 35.5. The molecule has 40 heavy (non-hydrogen) atoms. The van der Waals surface area contributed by atoms with Gasteiger partial charge in [0.25, 0.3) is 0 Å². The third kappa shape index (κ3) is 7.25. The first-order chi connectivity index (χ1) is 18.2. The molecular formula is C26H27Cl2F6N3O3. The first-order valence-corrected chi connectivity index (χ1v) is 12.7. The van der Waals surface area contributed by atoms with Crippen molar-refractivity contribution in [3.05, 3.63) is 63.1 Å². The number of urea groups is 1. The Labute approximate surface area is 237 Å². The van der Waals surface area contributed by atoms with E-state index >= 15 is 0 Å². The Morgan fingerprint density at radius 2 is 1.43 bits per heavy atom. The van der Waals surface area contributed by atoms with Crippen LogP contribution >= 0.6 is 23.2 Å². The second kappa shape index (κ2) is 11.2. The Morgan fingerprint density at radius 3 is 1.90 bits per heavy atom. The lowest BCUT2D eigenvalue weighted by Gasteiger charge is -2.33. The van der Waals surface area contributed by atoms with Crippen molar-refractivity contribution in [2.45, 2.75) is 50.7 Å². The maximum Gasteiger partial charge on any atom is 0.416 e. The molecule has 1 saturated heterocycles. The van der Waals surface area contributed by atoms with Crippen molar-refractivity contribution in [2.75, 3.05) is 32.1 Å². The standard InChI is InChI=1S/C26H27Cl2F6N3O3/c1-24(2,3)40-23(39)37-12-18(14-6-7-19(27)20(28)8-14)21(13-37)36(5)22(38)35(4)17-10-15(25(29,30)31)9-16(11-17)26(32,33)34/h6-11,18,21H,12-13H2,1-5H3/t18-,21+/m1/s1. The molecule has 220 valence electrons. The zero-order valence-electron chi connectivity index (χ0n) is 22.1. The first kappa shape index (κ1) is 31.7. The van der Waals surface area contributed by atoms with Gasteiger partial charge in [-0.2, -0.15) is 26.3 Å². The fourth-order valence-corrected chi connectivity index (χ4v) is 4.65.